The van der Waals surface area contributed by atoms with Crippen LogP contribution in [0, 0.1) is 6.92 Å². The molecule has 0 amide bonds. The molecule has 0 radical (unpaired) electrons. The molecule has 7 nitrogen and oxygen atoms in total. The SMILES string of the molecule is COc1ccc(NC(N)=NCc2snnc2C)cc1OC.I. The lowest BCUT2D eigenvalue weighted by Gasteiger charge is -2.10. The quantitative estimate of drug-likeness (QED) is 0.426. The van der Waals surface area contributed by atoms with Crippen molar-refractivity contribution in [2.45, 2.75) is 13.5 Å². The van der Waals surface area contributed by atoms with Gasteiger partial charge < -0.3 is 20.5 Å². The number of guanidine groups is 1. The molecule has 0 bridgehead atoms. The van der Waals surface area contributed by atoms with Gasteiger partial charge in [0, 0.05) is 11.8 Å². The van der Waals surface area contributed by atoms with Gasteiger partial charge >= 0.3 is 0 Å². The van der Waals surface area contributed by atoms with Crippen molar-refractivity contribution in [2.75, 3.05) is 19.5 Å². The molecule has 1 aromatic heterocycles. The Bertz CT molecular complexity index is 647. The Kier molecular flexibility index (Phi) is 7.32. The van der Waals surface area contributed by atoms with Crippen LogP contribution in [-0.2, 0) is 6.54 Å². The molecule has 0 aliphatic heterocycles. The van der Waals surface area contributed by atoms with Crippen molar-refractivity contribution in [1.82, 2.24) is 9.59 Å². The van der Waals surface area contributed by atoms with Crippen LogP contribution in [0.1, 0.15) is 10.6 Å². The highest BCUT2D eigenvalue weighted by Crippen LogP contribution is 2.29. The molecule has 0 saturated heterocycles. The van der Waals surface area contributed by atoms with Gasteiger partial charge in [0.15, 0.2) is 17.5 Å². The van der Waals surface area contributed by atoms with Gasteiger partial charge in [-0.05, 0) is 30.6 Å². The Morgan fingerprint density at radius 3 is 2.64 bits per heavy atom. The normalized spacial score (nSPS) is 10.8. The van der Waals surface area contributed by atoms with Crippen LogP contribution < -0.4 is 20.5 Å². The number of ether oxygens (including phenoxy) is 2. The van der Waals surface area contributed by atoms with Crippen LogP contribution in [0.2, 0.25) is 0 Å². The predicted octanol–water partition coefficient (Wildman–Crippen LogP) is 2.41. The molecule has 2 aromatic rings. The number of aliphatic imine (C=N–C) groups is 1. The van der Waals surface area contributed by atoms with Crippen LogP contribution >= 0.6 is 35.5 Å². The van der Waals surface area contributed by atoms with Gasteiger partial charge in [0.1, 0.15) is 0 Å². The van der Waals surface area contributed by atoms with Gasteiger partial charge in [-0.15, -0.1) is 29.1 Å². The third-order valence-corrected chi connectivity index (χ3v) is 3.60. The zero-order valence-corrected chi connectivity index (χ0v) is 15.6. The highest BCUT2D eigenvalue weighted by molar-refractivity contribution is 14.0. The molecule has 0 atom stereocenters. The highest BCUT2D eigenvalue weighted by Gasteiger charge is 2.06. The van der Waals surface area contributed by atoms with E-state index in [2.05, 4.69) is 19.9 Å². The summed E-state index contributed by atoms with van der Waals surface area (Å²) in [7, 11) is 3.17. The minimum Gasteiger partial charge on any atom is -0.493 e. The monoisotopic (exact) mass is 435 g/mol. The van der Waals surface area contributed by atoms with E-state index in [0.717, 1.165) is 16.3 Å². The van der Waals surface area contributed by atoms with Crippen LogP contribution in [0.4, 0.5) is 5.69 Å². The molecule has 1 aromatic carbocycles. The largest absolute Gasteiger partial charge is 0.493 e. The molecular weight excluding hydrogens is 417 g/mol. The number of nitrogens with two attached hydrogens (primary N) is 1. The molecule has 1 heterocycles. The lowest BCUT2D eigenvalue weighted by Crippen LogP contribution is -2.22. The van der Waals surface area contributed by atoms with Gasteiger partial charge in [-0.1, -0.05) is 4.49 Å². The maximum atomic E-state index is 5.87. The molecule has 3 N–H and O–H groups in total. The Hall–Kier alpha value is -1.62. The first kappa shape index (κ1) is 18.4. The second-order valence-electron chi connectivity index (χ2n) is 4.18. The van der Waals surface area contributed by atoms with Gasteiger partial charge in [0.25, 0.3) is 0 Å². The van der Waals surface area contributed by atoms with Crippen molar-refractivity contribution in [3.8, 4) is 11.5 Å². The molecule has 9 heteroatoms. The average Bonchev–Trinajstić information content (AvgIpc) is 2.90. The maximum Gasteiger partial charge on any atom is 0.193 e. The number of hydrogen-bond acceptors (Lipinski definition) is 6. The van der Waals surface area contributed by atoms with E-state index in [1.807, 2.05) is 13.0 Å². The Morgan fingerprint density at radius 1 is 1.32 bits per heavy atom. The molecule has 120 valence electrons. The van der Waals surface area contributed by atoms with E-state index < -0.39 is 0 Å². The summed E-state index contributed by atoms with van der Waals surface area (Å²) >= 11 is 1.32. The highest BCUT2D eigenvalue weighted by atomic mass is 127. The fourth-order valence-electron chi connectivity index (χ4n) is 1.65. The molecule has 0 unspecified atom stereocenters. The first-order valence-electron chi connectivity index (χ1n) is 6.21. The number of nitrogens with one attached hydrogen (secondary N) is 1. The van der Waals surface area contributed by atoms with Crippen molar-refractivity contribution in [3.05, 3.63) is 28.8 Å². The number of anilines is 1. The van der Waals surface area contributed by atoms with Gasteiger partial charge in [0.2, 0.25) is 0 Å². The maximum absolute atomic E-state index is 5.87. The number of benzene rings is 1. The lowest BCUT2D eigenvalue weighted by atomic mass is 10.3. The zero-order chi connectivity index (χ0) is 15.2. The van der Waals surface area contributed by atoms with E-state index in [1.54, 1.807) is 26.4 Å². The smallest absolute Gasteiger partial charge is 0.193 e. The summed E-state index contributed by atoms with van der Waals surface area (Å²) in [5.41, 5.74) is 7.51. The minimum atomic E-state index is 0. The Balaban J connectivity index is 0.00000242. The summed E-state index contributed by atoms with van der Waals surface area (Å²) in [6.07, 6.45) is 0. The van der Waals surface area contributed by atoms with Gasteiger partial charge in [-0.2, -0.15) is 0 Å². The van der Waals surface area contributed by atoms with Crippen LogP contribution in [-0.4, -0.2) is 29.8 Å². The molecule has 0 aliphatic rings. The third kappa shape index (κ3) is 4.70. The molecule has 0 saturated carbocycles. The summed E-state index contributed by atoms with van der Waals surface area (Å²) < 4.78 is 14.3. The molecule has 22 heavy (non-hydrogen) atoms. The summed E-state index contributed by atoms with van der Waals surface area (Å²) in [5.74, 6) is 1.60. The van der Waals surface area contributed by atoms with Gasteiger partial charge in [-0.25, -0.2) is 4.99 Å². The first-order valence-corrected chi connectivity index (χ1v) is 6.98. The number of hydrogen-bond donors (Lipinski definition) is 2. The summed E-state index contributed by atoms with van der Waals surface area (Å²) in [6.45, 7) is 2.35. The summed E-state index contributed by atoms with van der Waals surface area (Å²) in [5, 5.41) is 6.93. The fourth-order valence-corrected chi connectivity index (χ4v) is 2.21. The first-order chi connectivity index (χ1) is 10.1. The van der Waals surface area contributed by atoms with Crippen molar-refractivity contribution in [3.63, 3.8) is 0 Å². The van der Waals surface area contributed by atoms with Gasteiger partial charge in [0.05, 0.1) is 31.3 Å². The van der Waals surface area contributed by atoms with E-state index in [4.69, 9.17) is 15.2 Å². The summed E-state index contributed by atoms with van der Waals surface area (Å²) in [6, 6.07) is 5.43. The fraction of sp³-hybridized carbons (Fsp3) is 0.308. The number of rotatable bonds is 5. The number of aromatic nitrogens is 2. The van der Waals surface area contributed by atoms with Crippen molar-refractivity contribution in [1.29, 1.82) is 0 Å². The average molecular weight is 435 g/mol. The molecular formula is C13H18IN5O2S. The van der Waals surface area contributed by atoms with Crippen molar-refractivity contribution < 1.29 is 9.47 Å². The molecule has 0 aliphatic carbocycles. The lowest BCUT2D eigenvalue weighted by molar-refractivity contribution is 0.355. The number of nitrogens with zero attached hydrogens (tertiary/aromatic N) is 3. The van der Waals surface area contributed by atoms with Crippen LogP contribution in [0.25, 0.3) is 0 Å². The molecule has 0 fully saturated rings. The third-order valence-electron chi connectivity index (χ3n) is 2.79. The number of aryl methyl sites for hydroxylation is 1. The van der Waals surface area contributed by atoms with Crippen molar-refractivity contribution in [2.24, 2.45) is 10.7 Å². The van der Waals surface area contributed by atoms with E-state index >= 15 is 0 Å². The Labute approximate surface area is 150 Å². The van der Waals surface area contributed by atoms with E-state index in [-0.39, 0.29) is 24.0 Å². The van der Waals surface area contributed by atoms with Gasteiger partial charge in [-0.3, -0.25) is 0 Å². The molecule has 0 spiro atoms. The van der Waals surface area contributed by atoms with E-state index in [0.29, 0.717) is 24.0 Å². The number of halogens is 1. The predicted molar refractivity (Wildman–Crippen MR) is 98.6 cm³/mol. The Morgan fingerprint density at radius 2 is 2.05 bits per heavy atom. The second kappa shape index (κ2) is 8.73. The standard InChI is InChI=1S/C13H17N5O2S.HI/c1-8-12(21-18-17-8)7-15-13(14)16-9-4-5-10(19-2)11(6-9)20-3;/h4-6H,7H2,1-3H3,(H3,14,15,16);1H. The van der Waals surface area contributed by atoms with Crippen LogP contribution in [0.5, 0.6) is 11.5 Å². The zero-order valence-electron chi connectivity index (χ0n) is 12.5. The van der Waals surface area contributed by atoms with Crippen LogP contribution in [0.3, 0.4) is 0 Å². The second-order valence-corrected chi connectivity index (χ2v) is 5.02. The minimum absolute atomic E-state index is 0. The van der Waals surface area contributed by atoms with Crippen LogP contribution in [0.15, 0.2) is 23.2 Å². The van der Waals surface area contributed by atoms with E-state index in [9.17, 15) is 0 Å². The molecule has 2 rings (SSSR count). The summed E-state index contributed by atoms with van der Waals surface area (Å²) in [4.78, 5) is 5.26. The van der Waals surface area contributed by atoms with E-state index in [1.165, 1.54) is 11.5 Å². The number of methoxy groups -OCH3 is 2. The van der Waals surface area contributed by atoms with Crippen molar-refractivity contribution >= 4 is 47.2 Å². The topological polar surface area (TPSA) is 94.7 Å².